The molecule has 1 saturated carbocycles. The van der Waals surface area contributed by atoms with Gasteiger partial charge in [0.1, 0.15) is 12.4 Å². The topological polar surface area (TPSA) is 109 Å². The molecule has 2 aliphatic heterocycles. The van der Waals surface area contributed by atoms with Crippen molar-refractivity contribution in [3.8, 4) is 0 Å². The number of fused-ring (bicyclic) bond motifs is 1. The average Bonchev–Trinajstić information content (AvgIpc) is 3.36. The van der Waals surface area contributed by atoms with Crippen molar-refractivity contribution < 1.29 is 18.9 Å². The zero-order valence-corrected chi connectivity index (χ0v) is 16.8. The van der Waals surface area contributed by atoms with Crippen LogP contribution in [-0.2, 0) is 11.2 Å². The van der Waals surface area contributed by atoms with E-state index in [0.717, 1.165) is 18.4 Å². The Hall–Kier alpha value is -4.14. The van der Waals surface area contributed by atoms with Crippen molar-refractivity contribution >= 4 is 35.7 Å². The molecule has 3 amide bonds. The zero-order chi connectivity index (χ0) is 21.8. The van der Waals surface area contributed by atoms with Crippen LogP contribution in [0.3, 0.4) is 0 Å². The van der Waals surface area contributed by atoms with Crippen molar-refractivity contribution in [1.82, 2.24) is 10.1 Å². The Balaban J connectivity index is 1.15. The van der Waals surface area contributed by atoms with Crippen LogP contribution in [0.25, 0.3) is 0 Å². The minimum Gasteiger partial charge on any atom is -0.337 e. The van der Waals surface area contributed by atoms with Gasteiger partial charge in [0.25, 0.3) is 23.7 Å². The second-order valence-electron chi connectivity index (χ2n) is 8.06. The molecule has 3 aromatic rings. The second-order valence-corrected chi connectivity index (χ2v) is 8.06. The molecule has 0 radical (unpaired) electrons. The van der Waals surface area contributed by atoms with Gasteiger partial charge in [-0.3, -0.25) is 19.4 Å². The fourth-order valence-electron chi connectivity index (χ4n) is 3.97. The minimum absolute atomic E-state index is 0.212. The standard InChI is InChI=1S/C23H17N5O4/c29-20-16-3-1-2-4-17(16)21(30)28(20)15-9-5-13(6-10-15)11-18-22(31)27(12-24-18)23-25-19(32-26-23)14-7-8-14/h1-6,9-10,12,14,18H,7-8,11H2. The number of imide groups is 1. The van der Waals surface area contributed by atoms with Crippen molar-refractivity contribution in [2.45, 2.75) is 31.2 Å². The van der Waals surface area contributed by atoms with Gasteiger partial charge in [-0.15, -0.1) is 0 Å². The number of hydrogen-bond acceptors (Lipinski definition) is 7. The molecular weight excluding hydrogens is 410 g/mol. The van der Waals surface area contributed by atoms with E-state index >= 15 is 0 Å². The van der Waals surface area contributed by atoms with Gasteiger partial charge in [-0.2, -0.15) is 4.98 Å². The Morgan fingerprint density at radius 1 is 0.938 bits per heavy atom. The number of nitrogens with zero attached hydrogens (tertiary/aromatic N) is 5. The third-order valence-corrected chi connectivity index (χ3v) is 5.88. The molecule has 6 rings (SSSR count). The van der Waals surface area contributed by atoms with E-state index in [0.29, 0.717) is 35.0 Å². The number of amides is 3. The summed E-state index contributed by atoms with van der Waals surface area (Å²) in [6.45, 7) is 0. The molecule has 1 atom stereocenters. The first-order valence-electron chi connectivity index (χ1n) is 10.4. The molecule has 1 fully saturated rings. The van der Waals surface area contributed by atoms with E-state index in [-0.39, 0.29) is 23.7 Å². The highest BCUT2D eigenvalue weighted by atomic mass is 16.5. The number of carbonyl (C=O) groups excluding carboxylic acids is 3. The van der Waals surface area contributed by atoms with E-state index < -0.39 is 6.04 Å². The molecule has 1 unspecified atom stereocenters. The van der Waals surface area contributed by atoms with E-state index in [9.17, 15) is 14.4 Å². The molecule has 3 heterocycles. The van der Waals surface area contributed by atoms with Gasteiger partial charge < -0.3 is 4.52 Å². The summed E-state index contributed by atoms with van der Waals surface area (Å²) in [5.74, 6) is 0.183. The molecule has 0 bridgehead atoms. The van der Waals surface area contributed by atoms with Crippen LogP contribution in [0, 0.1) is 0 Å². The van der Waals surface area contributed by atoms with Gasteiger partial charge in [-0.05, 0) is 47.8 Å². The number of carbonyl (C=O) groups is 3. The maximum atomic E-state index is 12.8. The Labute approximate surface area is 182 Å². The van der Waals surface area contributed by atoms with Gasteiger partial charge in [0.15, 0.2) is 0 Å². The Kier molecular flexibility index (Phi) is 4.04. The monoisotopic (exact) mass is 427 g/mol. The second kappa shape index (κ2) is 6.94. The number of benzene rings is 2. The summed E-state index contributed by atoms with van der Waals surface area (Å²) in [4.78, 5) is 49.2. The first-order chi connectivity index (χ1) is 15.6. The van der Waals surface area contributed by atoms with Crippen LogP contribution in [0.15, 0.2) is 58.0 Å². The fraction of sp³-hybridized carbons (Fsp3) is 0.217. The molecule has 32 heavy (non-hydrogen) atoms. The lowest BCUT2D eigenvalue weighted by Crippen LogP contribution is -2.32. The van der Waals surface area contributed by atoms with Crippen LogP contribution < -0.4 is 9.80 Å². The van der Waals surface area contributed by atoms with Crippen LogP contribution in [0.2, 0.25) is 0 Å². The number of hydrogen-bond donors (Lipinski definition) is 0. The first kappa shape index (κ1) is 18.6. The summed E-state index contributed by atoms with van der Waals surface area (Å²) in [7, 11) is 0. The smallest absolute Gasteiger partial charge is 0.278 e. The summed E-state index contributed by atoms with van der Waals surface area (Å²) in [5.41, 5.74) is 2.15. The Bertz CT molecular complexity index is 1260. The number of aromatic nitrogens is 2. The van der Waals surface area contributed by atoms with Crippen molar-refractivity contribution in [3.05, 3.63) is 71.1 Å². The van der Waals surface area contributed by atoms with Crippen LogP contribution in [0.4, 0.5) is 11.6 Å². The van der Waals surface area contributed by atoms with Crippen molar-refractivity contribution in [2.24, 2.45) is 4.99 Å². The van der Waals surface area contributed by atoms with Gasteiger partial charge in [0.2, 0.25) is 5.89 Å². The van der Waals surface area contributed by atoms with Crippen molar-refractivity contribution in [1.29, 1.82) is 0 Å². The van der Waals surface area contributed by atoms with Crippen LogP contribution in [0.5, 0.6) is 0 Å². The molecule has 9 nitrogen and oxygen atoms in total. The number of anilines is 2. The number of aliphatic imine (C=N–C) groups is 1. The maximum Gasteiger partial charge on any atom is 0.278 e. The third kappa shape index (κ3) is 2.93. The van der Waals surface area contributed by atoms with Crippen LogP contribution in [-0.4, -0.2) is 40.2 Å². The lowest BCUT2D eigenvalue weighted by Gasteiger charge is -2.15. The lowest BCUT2D eigenvalue weighted by molar-refractivity contribution is -0.118. The SMILES string of the molecule is O=C1C(Cc2ccc(N3C(=O)c4ccccc4C3=O)cc2)N=CN1c1noc(C2CC2)n1. The van der Waals surface area contributed by atoms with Gasteiger partial charge in [0, 0.05) is 12.3 Å². The number of rotatable bonds is 5. The molecule has 1 aliphatic carbocycles. The summed E-state index contributed by atoms with van der Waals surface area (Å²) in [6.07, 6.45) is 3.87. The van der Waals surface area contributed by atoms with E-state index in [2.05, 4.69) is 15.1 Å². The van der Waals surface area contributed by atoms with Crippen LogP contribution in [0.1, 0.15) is 50.9 Å². The summed E-state index contributed by atoms with van der Waals surface area (Å²) in [5, 5.41) is 3.90. The normalized spacial score (nSPS) is 19.9. The fourth-order valence-corrected chi connectivity index (χ4v) is 3.97. The van der Waals surface area contributed by atoms with E-state index in [1.807, 2.05) is 0 Å². The molecule has 0 N–H and O–H groups in total. The molecular formula is C23H17N5O4. The van der Waals surface area contributed by atoms with Gasteiger partial charge in [-0.1, -0.05) is 24.3 Å². The zero-order valence-electron chi connectivity index (χ0n) is 16.8. The van der Waals surface area contributed by atoms with Gasteiger partial charge in [-0.25, -0.2) is 9.80 Å². The predicted octanol–water partition coefficient (Wildman–Crippen LogP) is 2.73. The Morgan fingerprint density at radius 3 is 2.28 bits per heavy atom. The predicted molar refractivity (Wildman–Crippen MR) is 114 cm³/mol. The molecule has 3 aliphatic rings. The Morgan fingerprint density at radius 2 is 1.62 bits per heavy atom. The first-order valence-corrected chi connectivity index (χ1v) is 10.4. The molecule has 158 valence electrons. The van der Waals surface area contributed by atoms with E-state index in [4.69, 9.17) is 4.52 Å². The van der Waals surface area contributed by atoms with Crippen LogP contribution >= 0.6 is 0 Å². The van der Waals surface area contributed by atoms with E-state index in [1.165, 1.54) is 16.1 Å². The molecule has 0 saturated heterocycles. The molecule has 9 heteroatoms. The molecule has 2 aromatic carbocycles. The minimum atomic E-state index is -0.594. The summed E-state index contributed by atoms with van der Waals surface area (Å²) >= 11 is 0. The lowest BCUT2D eigenvalue weighted by atomic mass is 10.1. The highest BCUT2D eigenvalue weighted by Crippen LogP contribution is 2.39. The summed E-state index contributed by atoms with van der Waals surface area (Å²) in [6, 6.07) is 13.2. The molecule has 1 aromatic heterocycles. The van der Waals surface area contributed by atoms with Gasteiger partial charge >= 0.3 is 0 Å². The largest absolute Gasteiger partial charge is 0.337 e. The highest BCUT2D eigenvalue weighted by Gasteiger charge is 2.37. The third-order valence-electron chi connectivity index (χ3n) is 5.88. The van der Waals surface area contributed by atoms with Gasteiger partial charge in [0.05, 0.1) is 16.8 Å². The summed E-state index contributed by atoms with van der Waals surface area (Å²) < 4.78 is 5.23. The maximum absolute atomic E-state index is 12.8. The quantitative estimate of drug-likeness (QED) is 0.579. The van der Waals surface area contributed by atoms with E-state index in [1.54, 1.807) is 48.5 Å². The van der Waals surface area contributed by atoms with Crippen molar-refractivity contribution in [2.75, 3.05) is 9.80 Å². The molecule has 0 spiro atoms. The highest BCUT2D eigenvalue weighted by molar-refractivity contribution is 6.34. The van der Waals surface area contributed by atoms with Crippen molar-refractivity contribution in [3.63, 3.8) is 0 Å². The average molecular weight is 427 g/mol.